The summed E-state index contributed by atoms with van der Waals surface area (Å²) in [5.74, 6) is -1.12. The van der Waals surface area contributed by atoms with Crippen LogP contribution >= 0.6 is 0 Å². The van der Waals surface area contributed by atoms with Gasteiger partial charge in [0.1, 0.15) is 0 Å². The lowest BCUT2D eigenvalue weighted by Crippen LogP contribution is -2.25. The monoisotopic (exact) mass is 271 g/mol. The average molecular weight is 271 g/mol. The van der Waals surface area contributed by atoms with Gasteiger partial charge in [-0.05, 0) is 12.8 Å². The predicted octanol–water partition coefficient (Wildman–Crippen LogP) is 2.30. The van der Waals surface area contributed by atoms with Crippen molar-refractivity contribution in [2.45, 2.75) is 39.0 Å². The Morgan fingerprint density at radius 3 is 2.20 bits per heavy atom. The van der Waals surface area contributed by atoms with Crippen LogP contribution in [0.5, 0.6) is 0 Å². The zero-order valence-electron chi connectivity index (χ0n) is 11.6. The Bertz CT molecular complexity index is 517. The lowest BCUT2D eigenvalue weighted by Gasteiger charge is -2.22. The van der Waals surface area contributed by atoms with E-state index in [-0.39, 0.29) is 12.5 Å². The number of esters is 1. The van der Waals surface area contributed by atoms with Gasteiger partial charge >= 0.3 is 5.97 Å². The van der Waals surface area contributed by atoms with Crippen molar-refractivity contribution in [3.05, 3.63) is 0 Å². The number of carbonyl (C=O) groups excluding carboxylic acids is 1. The second-order valence-corrected chi connectivity index (χ2v) is 5.55. The molecule has 2 atom stereocenters. The number of nitriles is 3. The van der Waals surface area contributed by atoms with Crippen molar-refractivity contribution in [1.82, 2.24) is 0 Å². The van der Waals surface area contributed by atoms with Crippen LogP contribution in [0.25, 0.3) is 0 Å². The fourth-order valence-corrected chi connectivity index (χ4v) is 3.75. The minimum atomic E-state index is -1.59. The van der Waals surface area contributed by atoms with E-state index in [2.05, 4.69) is 0 Å². The van der Waals surface area contributed by atoms with E-state index >= 15 is 0 Å². The lowest BCUT2D eigenvalue weighted by molar-refractivity contribution is -0.148. The fraction of sp³-hybridized carbons (Fsp3) is 0.733. The maximum atomic E-state index is 12.2. The van der Waals surface area contributed by atoms with Crippen LogP contribution in [0.3, 0.4) is 0 Å². The highest BCUT2D eigenvalue weighted by molar-refractivity contribution is 5.89. The molecule has 0 spiro atoms. The molecule has 2 aliphatic carbocycles. The molecule has 2 saturated carbocycles. The summed E-state index contributed by atoms with van der Waals surface area (Å²) in [6.07, 6.45) is 4.93. The molecule has 0 aromatic rings. The van der Waals surface area contributed by atoms with Gasteiger partial charge in [-0.1, -0.05) is 32.1 Å². The SMILES string of the molecule is CCOC(=O)C1(C#N)C(C2CCCCC2)C1(C#N)C#N. The highest BCUT2D eigenvalue weighted by atomic mass is 16.5. The molecule has 0 heterocycles. The first kappa shape index (κ1) is 14.4. The first-order chi connectivity index (χ1) is 9.64. The summed E-state index contributed by atoms with van der Waals surface area (Å²) in [4.78, 5) is 12.2. The molecule has 0 aliphatic heterocycles. The molecule has 5 heteroatoms. The summed E-state index contributed by atoms with van der Waals surface area (Å²) < 4.78 is 4.98. The smallest absolute Gasteiger partial charge is 0.329 e. The zero-order chi connectivity index (χ0) is 14.8. The number of rotatable bonds is 3. The molecule has 5 nitrogen and oxygen atoms in total. The average Bonchev–Trinajstić information content (AvgIpc) is 3.12. The highest BCUT2D eigenvalue weighted by Gasteiger charge is 2.86. The number of nitrogens with zero attached hydrogens (tertiary/aromatic N) is 3. The molecular formula is C15H17N3O2. The van der Waals surface area contributed by atoms with E-state index in [9.17, 15) is 20.6 Å². The Morgan fingerprint density at radius 1 is 1.15 bits per heavy atom. The molecule has 0 amide bonds. The molecular weight excluding hydrogens is 254 g/mol. The van der Waals surface area contributed by atoms with Crippen molar-refractivity contribution in [3.8, 4) is 18.2 Å². The molecule has 0 radical (unpaired) electrons. The molecule has 2 unspecified atom stereocenters. The summed E-state index contributed by atoms with van der Waals surface area (Å²) >= 11 is 0. The maximum absolute atomic E-state index is 12.2. The predicted molar refractivity (Wildman–Crippen MR) is 68.4 cm³/mol. The zero-order valence-corrected chi connectivity index (χ0v) is 11.6. The van der Waals surface area contributed by atoms with Crippen molar-refractivity contribution in [2.24, 2.45) is 22.7 Å². The third kappa shape index (κ3) is 1.61. The molecule has 2 rings (SSSR count). The van der Waals surface area contributed by atoms with Crippen LogP contribution in [-0.4, -0.2) is 12.6 Å². The minimum Gasteiger partial charge on any atom is -0.465 e. The van der Waals surface area contributed by atoms with Gasteiger partial charge in [-0.2, -0.15) is 15.8 Å². The van der Waals surface area contributed by atoms with Crippen LogP contribution in [-0.2, 0) is 9.53 Å². The fourth-order valence-electron chi connectivity index (χ4n) is 3.75. The minimum absolute atomic E-state index is 0.0899. The summed E-state index contributed by atoms with van der Waals surface area (Å²) in [6.45, 7) is 1.80. The van der Waals surface area contributed by atoms with Crippen LogP contribution < -0.4 is 0 Å². The molecule has 0 aromatic heterocycles. The van der Waals surface area contributed by atoms with E-state index in [0.717, 1.165) is 32.1 Å². The molecule has 0 saturated heterocycles. The van der Waals surface area contributed by atoms with Gasteiger partial charge in [0.2, 0.25) is 0 Å². The molecule has 104 valence electrons. The van der Waals surface area contributed by atoms with Crippen LogP contribution in [0, 0.1) is 56.7 Å². The van der Waals surface area contributed by atoms with Gasteiger partial charge in [0.15, 0.2) is 10.8 Å². The van der Waals surface area contributed by atoms with E-state index in [0.29, 0.717) is 0 Å². The first-order valence-electron chi connectivity index (χ1n) is 7.05. The van der Waals surface area contributed by atoms with Crippen LogP contribution in [0.2, 0.25) is 0 Å². The second kappa shape index (κ2) is 5.14. The summed E-state index contributed by atoms with van der Waals surface area (Å²) in [5.41, 5.74) is -3.12. The van der Waals surface area contributed by atoms with E-state index in [1.807, 2.05) is 18.2 Å². The Morgan fingerprint density at radius 2 is 1.75 bits per heavy atom. The van der Waals surface area contributed by atoms with Crippen LogP contribution in [0.15, 0.2) is 0 Å². The van der Waals surface area contributed by atoms with Gasteiger partial charge in [0.05, 0.1) is 24.8 Å². The molecule has 0 N–H and O–H groups in total. The maximum Gasteiger partial charge on any atom is 0.329 e. The van der Waals surface area contributed by atoms with E-state index < -0.39 is 22.7 Å². The van der Waals surface area contributed by atoms with E-state index in [4.69, 9.17) is 4.74 Å². The standard InChI is InChI=1S/C15H17N3O2/c1-2-20-13(19)15(10-18)12(14(15,8-16)9-17)11-6-4-3-5-7-11/h11-12H,2-7H2,1H3. The Hall–Kier alpha value is -2.06. The number of carbonyl (C=O) groups is 1. The van der Waals surface area contributed by atoms with Gasteiger partial charge in [-0.25, -0.2) is 0 Å². The topological polar surface area (TPSA) is 97.7 Å². The molecule has 2 aliphatic rings. The van der Waals surface area contributed by atoms with Gasteiger partial charge in [0, 0.05) is 5.92 Å². The van der Waals surface area contributed by atoms with Gasteiger partial charge < -0.3 is 4.74 Å². The van der Waals surface area contributed by atoms with Gasteiger partial charge in [-0.3, -0.25) is 4.79 Å². The molecule has 0 aromatic carbocycles. The quantitative estimate of drug-likeness (QED) is 0.733. The van der Waals surface area contributed by atoms with E-state index in [1.165, 1.54) is 0 Å². The molecule has 2 fully saturated rings. The van der Waals surface area contributed by atoms with Crippen LogP contribution in [0.1, 0.15) is 39.0 Å². The summed E-state index contributed by atoms with van der Waals surface area (Å²) in [7, 11) is 0. The van der Waals surface area contributed by atoms with Gasteiger partial charge in [0.25, 0.3) is 0 Å². The summed E-state index contributed by atoms with van der Waals surface area (Å²) in [5, 5.41) is 28.3. The Balaban J connectivity index is 2.39. The van der Waals surface area contributed by atoms with Crippen molar-refractivity contribution < 1.29 is 9.53 Å². The number of ether oxygens (including phenoxy) is 1. The van der Waals surface area contributed by atoms with E-state index in [1.54, 1.807) is 6.92 Å². The Labute approximate surface area is 118 Å². The van der Waals surface area contributed by atoms with Crippen molar-refractivity contribution in [3.63, 3.8) is 0 Å². The normalized spacial score (nSPS) is 31.4. The first-order valence-corrected chi connectivity index (χ1v) is 7.05. The van der Waals surface area contributed by atoms with Crippen molar-refractivity contribution in [1.29, 1.82) is 15.8 Å². The number of hydrogen-bond acceptors (Lipinski definition) is 5. The van der Waals surface area contributed by atoms with Crippen molar-refractivity contribution in [2.75, 3.05) is 6.61 Å². The molecule has 0 bridgehead atoms. The second-order valence-electron chi connectivity index (χ2n) is 5.55. The number of hydrogen-bond donors (Lipinski definition) is 0. The Kier molecular flexibility index (Phi) is 3.69. The third-order valence-corrected chi connectivity index (χ3v) is 4.72. The van der Waals surface area contributed by atoms with Crippen LogP contribution in [0.4, 0.5) is 0 Å². The van der Waals surface area contributed by atoms with Crippen molar-refractivity contribution >= 4 is 5.97 Å². The van der Waals surface area contributed by atoms with Gasteiger partial charge in [-0.15, -0.1) is 0 Å². The third-order valence-electron chi connectivity index (χ3n) is 4.72. The molecule has 20 heavy (non-hydrogen) atoms. The summed E-state index contributed by atoms with van der Waals surface area (Å²) in [6, 6.07) is 5.85. The highest BCUT2D eigenvalue weighted by Crippen LogP contribution is 2.73. The lowest BCUT2D eigenvalue weighted by atomic mass is 9.82. The largest absolute Gasteiger partial charge is 0.465 e.